The third kappa shape index (κ3) is 3.34. The Hall–Kier alpha value is -1.92. The molecule has 2 rings (SSSR count). The molecule has 4 nitrogen and oxygen atoms in total. The van der Waals surface area contributed by atoms with Crippen LogP contribution in [-0.2, 0) is 0 Å². The van der Waals surface area contributed by atoms with Crippen molar-refractivity contribution in [3.05, 3.63) is 23.8 Å². The maximum atomic E-state index is 12.6. The molecular formula is C13H16F3N3O. The van der Waals surface area contributed by atoms with Gasteiger partial charge in [0, 0.05) is 18.7 Å². The van der Waals surface area contributed by atoms with Crippen molar-refractivity contribution in [3.63, 3.8) is 0 Å². The number of amides is 1. The molecule has 0 heterocycles. The summed E-state index contributed by atoms with van der Waals surface area (Å²) in [6.45, 7) is -1.03. The van der Waals surface area contributed by atoms with Gasteiger partial charge < -0.3 is 16.0 Å². The maximum Gasteiger partial charge on any atom is 0.405 e. The minimum Gasteiger partial charge on any atom is -0.397 e. The number of nitrogens with two attached hydrogens (primary N) is 1. The fourth-order valence-electron chi connectivity index (χ4n) is 2.09. The van der Waals surface area contributed by atoms with Gasteiger partial charge in [0.05, 0.1) is 11.4 Å². The molecule has 0 aliphatic heterocycles. The molecule has 3 N–H and O–H groups in total. The number of alkyl halides is 3. The van der Waals surface area contributed by atoms with Gasteiger partial charge in [-0.05, 0) is 31.0 Å². The smallest absolute Gasteiger partial charge is 0.397 e. The molecule has 0 bridgehead atoms. The molecule has 20 heavy (non-hydrogen) atoms. The van der Waals surface area contributed by atoms with E-state index in [0.717, 1.165) is 12.8 Å². The molecule has 1 aromatic rings. The lowest BCUT2D eigenvalue weighted by atomic mass is 10.1. The molecule has 1 saturated carbocycles. The van der Waals surface area contributed by atoms with Crippen LogP contribution in [0, 0.1) is 0 Å². The molecule has 0 aromatic heterocycles. The zero-order valence-electron chi connectivity index (χ0n) is 11.0. The number of nitrogens with one attached hydrogen (secondary N) is 1. The molecule has 0 saturated heterocycles. The van der Waals surface area contributed by atoms with E-state index in [1.165, 1.54) is 30.1 Å². The predicted molar refractivity (Wildman–Crippen MR) is 70.7 cm³/mol. The van der Waals surface area contributed by atoms with Crippen LogP contribution in [0.2, 0.25) is 0 Å². The van der Waals surface area contributed by atoms with Crippen molar-refractivity contribution < 1.29 is 18.0 Å². The van der Waals surface area contributed by atoms with Crippen LogP contribution < -0.4 is 16.0 Å². The van der Waals surface area contributed by atoms with Crippen LogP contribution >= 0.6 is 0 Å². The van der Waals surface area contributed by atoms with Crippen LogP contribution in [0.4, 0.5) is 24.5 Å². The largest absolute Gasteiger partial charge is 0.405 e. The van der Waals surface area contributed by atoms with Crippen molar-refractivity contribution in [2.45, 2.75) is 25.1 Å². The molecule has 1 fully saturated rings. The number of halogens is 3. The van der Waals surface area contributed by atoms with Crippen LogP contribution in [0.15, 0.2) is 18.2 Å². The van der Waals surface area contributed by atoms with E-state index in [2.05, 4.69) is 5.32 Å². The third-order valence-corrected chi connectivity index (χ3v) is 3.16. The second-order valence-electron chi connectivity index (χ2n) is 4.83. The lowest BCUT2D eigenvalue weighted by Gasteiger charge is -2.27. The summed E-state index contributed by atoms with van der Waals surface area (Å²) in [7, 11) is 1.48. The second-order valence-corrected chi connectivity index (χ2v) is 4.83. The number of hydrogen-bond acceptors (Lipinski definition) is 3. The van der Waals surface area contributed by atoms with Crippen molar-refractivity contribution in [1.29, 1.82) is 0 Å². The average molecular weight is 287 g/mol. The van der Waals surface area contributed by atoms with Crippen molar-refractivity contribution in [1.82, 2.24) is 5.32 Å². The van der Waals surface area contributed by atoms with Crippen molar-refractivity contribution in [3.8, 4) is 0 Å². The van der Waals surface area contributed by atoms with Crippen LogP contribution in [0.3, 0.4) is 0 Å². The molecule has 0 radical (unpaired) electrons. The van der Waals surface area contributed by atoms with E-state index in [1.807, 2.05) is 0 Å². The highest BCUT2D eigenvalue weighted by Crippen LogP contribution is 2.37. The van der Waals surface area contributed by atoms with Gasteiger partial charge in [-0.25, -0.2) is 0 Å². The summed E-state index contributed by atoms with van der Waals surface area (Å²) in [5.74, 6) is -0.322. The molecule has 1 aliphatic rings. The van der Waals surface area contributed by atoms with Gasteiger partial charge in [0.25, 0.3) is 5.91 Å². The van der Waals surface area contributed by atoms with E-state index < -0.39 is 12.7 Å². The first-order valence-electron chi connectivity index (χ1n) is 6.27. The van der Waals surface area contributed by atoms with Gasteiger partial charge >= 0.3 is 6.18 Å². The standard InChI is InChI=1S/C13H16F3N3O/c1-18-12(20)8-2-5-11(10(17)6-8)19(9-3-4-9)7-13(14,15)16/h2,5-6,9H,3-4,7,17H2,1H3,(H,18,20). The zero-order valence-corrected chi connectivity index (χ0v) is 11.0. The van der Waals surface area contributed by atoms with Gasteiger partial charge in [0.1, 0.15) is 6.54 Å². The molecule has 1 amide bonds. The van der Waals surface area contributed by atoms with Gasteiger partial charge in [0.15, 0.2) is 0 Å². The minimum absolute atomic E-state index is 0.121. The minimum atomic E-state index is -4.28. The molecule has 1 aliphatic carbocycles. The summed E-state index contributed by atoms with van der Waals surface area (Å²) in [6, 6.07) is 4.24. The number of benzene rings is 1. The van der Waals surface area contributed by atoms with Gasteiger partial charge in [-0.2, -0.15) is 13.2 Å². The lowest BCUT2D eigenvalue weighted by molar-refractivity contribution is -0.119. The van der Waals surface area contributed by atoms with E-state index in [0.29, 0.717) is 11.3 Å². The number of carbonyl (C=O) groups excluding carboxylic acids is 1. The van der Waals surface area contributed by atoms with E-state index in [-0.39, 0.29) is 17.6 Å². The Kier molecular flexibility index (Phi) is 3.78. The topological polar surface area (TPSA) is 58.4 Å². The summed E-state index contributed by atoms with van der Waals surface area (Å²) in [5, 5.41) is 2.44. The molecule has 1 aromatic carbocycles. The number of hydrogen-bond donors (Lipinski definition) is 2. The highest BCUT2D eigenvalue weighted by molar-refractivity contribution is 5.96. The average Bonchev–Trinajstić information content (AvgIpc) is 3.18. The summed E-state index contributed by atoms with van der Waals surface area (Å²) in [5.41, 5.74) is 6.65. The Labute approximate surface area is 114 Å². The number of rotatable bonds is 4. The molecule has 110 valence electrons. The Morgan fingerprint density at radius 2 is 2.10 bits per heavy atom. The Balaban J connectivity index is 2.27. The number of carbonyl (C=O) groups is 1. The second kappa shape index (κ2) is 5.22. The van der Waals surface area contributed by atoms with E-state index in [9.17, 15) is 18.0 Å². The Morgan fingerprint density at radius 1 is 1.45 bits per heavy atom. The Morgan fingerprint density at radius 3 is 2.55 bits per heavy atom. The van der Waals surface area contributed by atoms with Crippen LogP contribution in [0.5, 0.6) is 0 Å². The molecule has 0 spiro atoms. The highest BCUT2D eigenvalue weighted by Gasteiger charge is 2.38. The lowest BCUT2D eigenvalue weighted by Crippen LogP contribution is -2.36. The fraction of sp³-hybridized carbons (Fsp3) is 0.462. The van der Waals surface area contributed by atoms with Gasteiger partial charge in [-0.1, -0.05) is 0 Å². The highest BCUT2D eigenvalue weighted by atomic mass is 19.4. The van der Waals surface area contributed by atoms with Crippen LogP contribution in [-0.4, -0.2) is 31.7 Å². The SMILES string of the molecule is CNC(=O)c1ccc(N(CC(F)(F)F)C2CC2)c(N)c1. The predicted octanol–water partition coefficient (Wildman–Crippen LogP) is 2.16. The van der Waals surface area contributed by atoms with Crippen LogP contribution in [0.25, 0.3) is 0 Å². The maximum absolute atomic E-state index is 12.6. The monoisotopic (exact) mass is 287 g/mol. The van der Waals surface area contributed by atoms with Crippen LogP contribution in [0.1, 0.15) is 23.2 Å². The molecule has 0 atom stereocenters. The first kappa shape index (κ1) is 14.5. The van der Waals surface area contributed by atoms with Gasteiger partial charge in [-0.3, -0.25) is 4.79 Å². The zero-order chi connectivity index (χ0) is 14.9. The summed E-state index contributed by atoms with van der Waals surface area (Å²) in [6.07, 6.45) is -2.83. The normalized spacial score (nSPS) is 15.0. The van der Waals surface area contributed by atoms with Crippen molar-refractivity contribution >= 4 is 17.3 Å². The summed E-state index contributed by atoms with van der Waals surface area (Å²) in [4.78, 5) is 12.7. The first-order chi connectivity index (χ1) is 9.31. The first-order valence-corrected chi connectivity index (χ1v) is 6.27. The van der Waals surface area contributed by atoms with Crippen molar-refractivity contribution in [2.24, 2.45) is 0 Å². The quantitative estimate of drug-likeness (QED) is 0.834. The van der Waals surface area contributed by atoms with Gasteiger partial charge in [-0.15, -0.1) is 0 Å². The Bertz CT molecular complexity index is 512. The third-order valence-electron chi connectivity index (χ3n) is 3.16. The fourth-order valence-corrected chi connectivity index (χ4v) is 2.09. The summed E-state index contributed by atoms with van der Waals surface area (Å²) >= 11 is 0. The number of nitrogen functional groups attached to an aromatic ring is 1. The number of nitrogens with zero attached hydrogens (tertiary/aromatic N) is 1. The van der Waals surface area contributed by atoms with Gasteiger partial charge in [0.2, 0.25) is 0 Å². The van der Waals surface area contributed by atoms with Crippen molar-refractivity contribution in [2.75, 3.05) is 24.2 Å². The van der Waals surface area contributed by atoms with E-state index in [1.54, 1.807) is 0 Å². The summed E-state index contributed by atoms with van der Waals surface area (Å²) < 4.78 is 37.9. The molecule has 0 unspecified atom stereocenters. The number of anilines is 2. The van der Waals surface area contributed by atoms with E-state index >= 15 is 0 Å². The molecular weight excluding hydrogens is 271 g/mol. The van der Waals surface area contributed by atoms with E-state index in [4.69, 9.17) is 5.73 Å². The molecule has 7 heteroatoms.